The van der Waals surface area contributed by atoms with E-state index < -0.39 is 12.0 Å². The highest BCUT2D eigenvalue weighted by molar-refractivity contribution is 5.83. The molecule has 20 heavy (non-hydrogen) atoms. The Labute approximate surface area is 117 Å². The third-order valence-corrected chi connectivity index (χ3v) is 2.85. The fourth-order valence-electron chi connectivity index (χ4n) is 1.72. The van der Waals surface area contributed by atoms with Crippen LogP contribution >= 0.6 is 0 Å². The van der Waals surface area contributed by atoms with Gasteiger partial charge in [-0.1, -0.05) is 18.2 Å². The summed E-state index contributed by atoms with van der Waals surface area (Å²) >= 11 is 0. The minimum atomic E-state index is -1.05. The number of carboxylic acids is 1. The zero-order chi connectivity index (χ0) is 15.0. The van der Waals surface area contributed by atoms with E-state index in [1.807, 2.05) is 0 Å². The van der Waals surface area contributed by atoms with Crippen LogP contribution < -0.4 is 5.32 Å². The van der Waals surface area contributed by atoms with Crippen LogP contribution in [0.1, 0.15) is 24.8 Å². The standard InChI is InChI=1S/C15H18FNO3/c1-2-3-4-13(15(19)20)17-14(18)10-7-11-5-8-12(16)9-6-11/h2,5-6,8-9,13H,1,3-4,7,10H2,(H,17,18)(H,19,20). The number of halogens is 1. The molecule has 1 aromatic rings. The summed E-state index contributed by atoms with van der Waals surface area (Å²) in [5, 5.41) is 11.4. The van der Waals surface area contributed by atoms with E-state index in [2.05, 4.69) is 11.9 Å². The van der Waals surface area contributed by atoms with Crippen molar-refractivity contribution in [3.8, 4) is 0 Å². The second-order valence-corrected chi connectivity index (χ2v) is 4.45. The molecule has 4 nitrogen and oxygen atoms in total. The smallest absolute Gasteiger partial charge is 0.326 e. The molecule has 0 heterocycles. The lowest BCUT2D eigenvalue weighted by atomic mass is 10.1. The highest BCUT2D eigenvalue weighted by Gasteiger charge is 2.18. The van der Waals surface area contributed by atoms with Crippen molar-refractivity contribution in [2.75, 3.05) is 0 Å². The summed E-state index contributed by atoms with van der Waals surface area (Å²) in [6.07, 6.45) is 3.07. The second-order valence-electron chi connectivity index (χ2n) is 4.45. The molecule has 0 radical (unpaired) electrons. The van der Waals surface area contributed by atoms with Crippen molar-refractivity contribution in [2.45, 2.75) is 31.7 Å². The number of hydrogen-bond donors (Lipinski definition) is 2. The van der Waals surface area contributed by atoms with Gasteiger partial charge in [0.15, 0.2) is 0 Å². The Balaban J connectivity index is 2.43. The predicted octanol–water partition coefficient (Wildman–Crippen LogP) is 2.29. The molecule has 1 atom stereocenters. The van der Waals surface area contributed by atoms with Crippen molar-refractivity contribution in [1.29, 1.82) is 0 Å². The lowest BCUT2D eigenvalue weighted by Crippen LogP contribution is -2.40. The number of aliphatic carboxylic acids is 1. The lowest BCUT2D eigenvalue weighted by molar-refractivity contribution is -0.142. The van der Waals surface area contributed by atoms with E-state index in [-0.39, 0.29) is 18.1 Å². The number of nitrogens with one attached hydrogen (secondary N) is 1. The number of carbonyl (C=O) groups is 2. The predicted molar refractivity (Wildman–Crippen MR) is 73.7 cm³/mol. The third-order valence-electron chi connectivity index (χ3n) is 2.85. The van der Waals surface area contributed by atoms with E-state index in [9.17, 15) is 14.0 Å². The van der Waals surface area contributed by atoms with Gasteiger partial charge in [-0.05, 0) is 37.0 Å². The van der Waals surface area contributed by atoms with E-state index in [0.29, 0.717) is 19.3 Å². The van der Waals surface area contributed by atoms with Gasteiger partial charge in [-0.15, -0.1) is 6.58 Å². The molecule has 0 aromatic heterocycles. The van der Waals surface area contributed by atoms with Crippen molar-refractivity contribution in [2.24, 2.45) is 0 Å². The average molecular weight is 279 g/mol. The highest BCUT2D eigenvalue weighted by atomic mass is 19.1. The second kappa shape index (κ2) is 8.09. The van der Waals surface area contributed by atoms with Gasteiger partial charge in [0.1, 0.15) is 11.9 Å². The summed E-state index contributed by atoms with van der Waals surface area (Å²) in [5.74, 6) is -1.71. The van der Waals surface area contributed by atoms with Gasteiger partial charge in [0, 0.05) is 6.42 Å². The minimum Gasteiger partial charge on any atom is -0.480 e. The van der Waals surface area contributed by atoms with Crippen LogP contribution in [0.4, 0.5) is 4.39 Å². The van der Waals surface area contributed by atoms with Crippen molar-refractivity contribution in [3.05, 3.63) is 48.3 Å². The summed E-state index contributed by atoms with van der Waals surface area (Å²) in [5.41, 5.74) is 0.833. The van der Waals surface area contributed by atoms with Gasteiger partial charge in [-0.3, -0.25) is 4.79 Å². The molecule has 1 aromatic carbocycles. The summed E-state index contributed by atoms with van der Waals surface area (Å²) in [7, 11) is 0. The molecule has 0 saturated carbocycles. The Morgan fingerprint density at radius 3 is 2.55 bits per heavy atom. The molecule has 1 unspecified atom stereocenters. The molecular formula is C15H18FNO3. The van der Waals surface area contributed by atoms with Crippen LogP contribution in [0.2, 0.25) is 0 Å². The highest BCUT2D eigenvalue weighted by Crippen LogP contribution is 2.06. The van der Waals surface area contributed by atoms with Crippen LogP contribution in [0.5, 0.6) is 0 Å². The summed E-state index contributed by atoms with van der Waals surface area (Å²) in [6, 6.07) is 4.98. The van der Waals surface area contributed by atoms with Crippen molar-refractivity contribution in [3.63, 3.8) is 0 Å². The molecule has 0 bridgehead atoms. The first kappa shape index (κ1) is 15.9. The SMILES string of the molecule is C=CCCC(NC(=O)CCc1ccc(F)cc1)C(=O)O. The normalized spacial score (nSPS) is 11.7. The lowest BCUT2D eigenvalue weighted by Gasteiger charge is -2.13. The molecule has 0 aliphatic carbocycles. The van der Waals surface area contributed by atoms with Crippen molar-refractivity contribution in [1.82, 2.24) is 5.32 Å². The Morgan fingerprint density at radius 2 is 2.00 bits per heavy atom. The fraction of sp³-hybridized carbons (Fsp3) is 0.333. The summed E-state index contributed by atoms with van der Waals surface area (Å²) in [6.45, 7) is 3.52. The van der Waals surface area contributed by atoms with Gasteiger partial charge < -0.3 is 10.4 Å². The van der Waals surface area contributed by atoms with E-state index in [1.54, 1.807) is 18.2 Å². The summed E-state index contributed by atoms with van der Waals surface area (Å²) in [4.78, 5) is 22.6. The molecule has 108 valence electrons. The van der Waals surface area contributed by atoms with E-state index in [4.69, 9.17) is 5.11 Å². The van der Waals surface area contributed by atoms with Gasteiger partial charge in [0.05, 0.1) is 0 Å². The Morgan fingerprint density at radius 1 is 1.35 bits per heavy atom. The Hall–Kier alpha value is -2.17. The van der Waals surface area contributed by atoms with Crippen LogP contribution in [0.15, 0.2) is 36.9 Å². The topological polar surface area (TPSA) is 66.4 Å². The molecule has 0 aliphatic rings. The largest absolute Gasteiger partial charge is 0.480 e. The molecular weight excluding hydrogens is 261 g/mol. The van der Waals surface area contributed by atoms with Crippen molar-refractivity contribution >= 4 is 11.9 Å². The van der Waals surface area contributed by atoms with E-state index in [0.717, 1.165) is 5.56 Å². The zero-order valence-corrected chi connectivity index (χ0v) is 11.1. The Kier molecular flexibility index (Phi) is 6.43. The first-order valence-corrected chi connectivity index (χ1v) is 6.40. The molecule has 0 fully saturated rings. The first-order valence-electron chi connectivity index (χ1n) is 6.40. The fourth-order valence-corrected chi connectivity index (χ4v) is 1.72. The molecule has 2 N–H and O–H groups in total. The van der Waals surface area contributed by atoms with E-state index >= 15 is 0 Å². The number of hydrogen-bond acceptors (Lipinski definition) is 2. The van der Waals surface area contributed by atoms with Crippen LogP contribution in [-0.4, -0.2) is 23.0 Å². The number of benzene rings is 1. The summed E-state index contributed by atoms with van der Waals surface area (Å²) < 4.78 is 12.7. The van der Waals surface area contributed by atoms with Gasteiger partial charge in [-0.25, -0.2) is 9.18 Å². The zero-order valence-electron chi connectivity index (χ0n) is 11.1. The van der Waals surface area contributed by atoms with Crippen LogP contribution in [0.25, 0.3) is 0 Å². The maximum Gasteiger partial charge on any atom is 0.326 e. The maximum atomic E-state index is 12.7. The average Bonchev–Trinajstić information content (AvgIpc) is 2.42. The number of rotatable bonds is 8. The van der Waals surface area contributed by atoms with Crippen LogP contribution in [0.3, 0.4) is 0 Å². The number of carbonyl (C=O) groups excluding carboxylic acids is 1. The maximum absolute atomic E-state index is 12.7. The number of amides is 1. The van der Waals surface area contributed by atoms with Crippen LogP contribution in [0, 0.1) is 5.82 Å². The van der Waals surface area contributed by atoms with Gasteiger partial charge >= 0.3 is 5.97 Å². The first-order chi connectivity index (χ1) is 9.52. The van der Waals surface area contributed by atoms with Gasteiger partial charge in [0.25, 0.3) is 0 Å². The number of carboxylic acid groups (broad SMARTS) is 1. The van der Waals surface area contributed by atoms with Gasteiger partial charge in [-0.2, -0.15) is 0 Å². The molecule has 1 rings (SSSR count). The van der Waals surface area contributed by atoms with Crippen LogP contribution in [-0.2, 0) is 16.0 Å². The molecule has 5 heteroatoms. The number of allylic oxidation sites excluding steroid dienone is 1. The van der Waals surface area contributed by atoms with Crippen molar-refractivity contribution < 1.29 is 19.1 Å². The molecule has 0 aliphatic heterocycles. The van der Waals surface area contributed by atoms with E-state index in [1.165, 1.54) is 12.1 Å². The molecule has 0 saturated heterocycles. The monoisotopic (exact) mass is 279 g/mol. The third kappa shape index (κ3) is 5.65. The Bertz CT molecular complexity index is 471. The minimum absolute atomic E-state index is 0.170. The molecule has 0 spiro atoms. The van der Waals surface area contributed by atoms with Gasteiger partial charge in [0.2, 0.25) is 5.91 Å². The number of aryl methyl sites for hydroxylation is 1. The molecule has 1 amide bonds. The quantitative estimate of drug-likeness (QED) is 0.717.